The molecule has 0 unspecified atom stereocenters. The summed E-state index contributed by atoms with van der Waals surface area (Å²) >= 11 is 5.79. The molecule has 2 aromatic rings. The lowest BCUT2D eigenvalue weighted by atomic mass is 10.2. The molecule has 24 heavy (non-hydrogen) atoms. The van der Waals surface area contributed by atoms with E-state index in [-0.39, 0.29) is 17.4 Å². The molecule has 0 fully saturated rings. The highest BCUT2D eigenvalue weighted by Crippen LogP contribution is 2.31. The normalized spacial score (nSPS) is 11.2. The third kappa shape index (κ3) is 3.36. The number of alkyl halides is 3. The fourth-order valence-electron chi connectivity index (χ4n) is 1.91. The van der Waals surface area contributed by atoms with Gasteiger partial charge in [0.1, 0.15) is 18.0 Å². The molecule has 1 aromatic heterocycles. The Morgan fingerprint density at radius 2 is 2.08 bits per heavy atom. The smallest absolute Gasteiger partial charge is 0.418 e. The molecule has 0 aliphatic carbocycles. The van der Waals surface area contributed by atoms with E-state index in [2.05, 4.69) is 11.0 Å². The Morgan fingerprint density at radius 1 is 1.42 bits per heavy atom. The number of nitrogens with zero attached hydrogens (tertiary/aromatic N) is 2. The van der Waals surface area contributed by atoms with Gasteiger partial charge in [-0.1, -0.05) is 17.5 Å². The third-order valence-corrected chi connectivity index (χ3v) is 3.36. The highest BCUT2D eigenvalue weighted by molar-refractivity contribution is 6.32. The van der Waals surface area contributed by atoms with Gasteiger partial charge in [0.05, 0.1) is 16.8 Å². The molecule has 0 spiro atoms. The molecule has 126 valence electrons. The van der Waals surface area contributed by atoms with Crippen molar-refractivity contribution in [3.63, 3.8) is 0 Å². The van der Waals surface area contributed by atoms with Crippen LogP contribution in [0.15, 0.2) is 23.1 Å². The van der Waals surface area contributed by atoms with Gasteiger partial charge in [0.2, 0.25) is 0 Å². The van der Waals surface area contributed by atoms with Gasteiger partial charge < -0.3 is 4.74 Å². The van der Waals surface area contributed by atoms with Crippen LogP contribution in [0.25, 0.3) is 5.69 Å². The van der Waals surface area contributed by atoms with Crippen LogP contribution in [0.3, 0.4) is 0 Å². The van der Waals surface area contributed by atoms with E-state index in [1.165, 1.54) is 0 Å². The third-order valence-electron chi connectivity index (χ3n) is 3.07. The number of aromatic nitrogens is 2. The zero-order valence-corrected chi connectivity index (χ0v) is 12.9. The molecular formula is C15H9ClF4N2O2. The van der Waals surface area contributed by atoms with Crippen LogP contribution in [0.5, 0.6) is 5.75 Å². The molecule has 9 heteroatoms. The molecule has 0 radical (unpaired) electrons. The molecule has 0 saturated carbocycles. The Balaban J connectivity index is 2.63. The zero-order valence-electron chi connectivity index (χ0n) is 12.1. The van der Waals surface area contributed by atoms with Crippen LogP contribution in [0.4, 0.5) is 17.6 Å². The van der Waals surface area contributed by atoms with E-state index in [1.807, 2.05) is 0 Å². The molecule has 1 aromatic carbocycles. The van der Waals surface area contributed by atoms with Gasteiger partial charge in [-0.2, -0.15) is 23.0 Å². The van der Waals surface area contributed by atoms with Crippen molar-refractivity contribution in [3.05, 3.63) is 50.7 Å². The van der Waals surface area contributed by atoms with Gasteiger partial charge in [0.15, 0.2) is 5.82 Å². The molecule has 0 amide bonds. The lowest BCUT2D eigenvalue weighted by molar-refractivity contribution is -0.138. The Kier molecular flexibility index (Phi) is 4.85. The van der Waals surface area contributed by atoms with Crippen molar-refractivity contribution in [2.24, 2.45) is 0 Å². The van der Waals surface area contributed by atoms with Crippen LogP contribution in [-0.2, 0) is 6.18 Å². The van der Waals surface area contributed by atoms with Crippen molar-refractivity contribution in [2.45, 2.75) is 13.1 Å². The van der Waals surface area contributed by atoms with E-state index in [0.29, 0.717) is 10.9 Å². The van der Waals surface area contributed by atoms with Crippen LogP contribution in [-0.4, -0.2) is 16.4 Å². The second-order valence-electron chi connectivity index (χ2n) is 4.62. The van der Waals surface area contributed by atoms with Crippen molar-refractivity contribution in [1.82, 2.24) is 9.78 Å². The fraction of sp³-hybridized carbons (Fsp3) is 0.200. The van der Waals surface area contributed by atoms with Crippen molar-refractivity contribution < 1.29 is 22.3 Å². The molecule has 4 nitrogen and oxygen atoms in total. The molecule has 0 aliphatic rings. The minimum absolute atomic E-state index is 0.0303. The number of hydrogen-bond acceptors (Lipinski definition) is 3. The molecule has 0 bridgehead atoms. The minimum atomic E-state index is -4.74. The quantitative estimate of drug-likeness (QED) is 0.623. The van der Waals surface area contributed by atoms with E-state index in [1.54, 1.807) is 0 Å². The van der Waals surface area contributed by atoms with Crippen LogP contribution in [0.2, 0.25) is 5.02 Å². The summed E-state index contributed by atoms with van der Waals surface area (Å²) in [6.07, 6.45) is 0.751. The summed E-state index contributed by atoms with van der Waals surface area (Å²) in [5, 5.41) is 3.28. The van der Waals surface area contributed by atoms with Crippen LogP contribution < -0.4 is 10.3 Å². The lowest BCUT2D eigenvalue weighted by Crippen LogP contribution is -2.27. The molecule has 0 saturated heterocycles. The molecule has 0 aliphatic heterocycles. The maximum Gasteiger partial charge on any atom is 0.418 e. The first-order valence-electron chi connectivity index (χ1n) is 6.38. The summed E-state index contributed by atoms with van der Waals surface area (Å²) in [7, 11) is 0. The number of halogens is 5. The lowest BCUT2D eigenvalue weighted by Gasteiger charge is -2.13. The summed E-state index contributed by atoms with van der Waals surface area (Å²) in [4.78, 5) is 12.1. The Bertz CT molecular complexity index is 885. The first-order chi connectivity index (χ1) is 11.2. The number of terminal acetylenes is 1. The number of ether oxygens (including phenoxy) is 1. The summed E-state index contributed by atoms with van der Waals surface area (Å²) in [5.41, 5.74) is -3.33. The molecule has 1 heterocycles. The second-order valence-corrected chi connectivity index (χ2v) is 5.03. The SMILES string of the molecule is C#CCOc1cc(-n2ncc(C(F)(F)F)c(C)c2=O)c(F)cc1Cl. The number of rotatable bonds is 3. The largest absolute Gasteiger partial charge is 0.479 e. The van der Waals surface area contributed by atoms with Gasteiger partial charge >= 0.3 is 6.18 Å². The molecular weight excluding hydrogens is 352 g/mol. The Labute approximate surface area is 138 Å². The molecule has 0 N–H and O–H groups in total. The van der Waals surface area contributed by atoms with Crippen molar-refractivity contribution >= 4 is 11.6 Å². The van der Waals surface area contributed by atoms with Gasteiger partial charge in [-0.05, 0) is 13.0 Å². The molecule has 0 atom stereocenters. The van der Waals surface area contributed by atoms with Crippen molar-refractivity contribution in [3.8, 4) is 23.8 Å². The Morgan fingerprint density at radius 3 is 2.67 bits per heavy atom. The summed E-state index contributed by atoms with van der Waals surface area (Å²) in [6, 6.07) is 1.89. The van der Waals surface area contributed by atoms with Gasteiger partial charge in [0, 0.05) is 11.6 Å². The highest BCUT2D eigenvalue weighted by atomic mass is 35.5. The zero-order chi connectivity index (χ0) is 18.1. The second kappa shape index (κ2) is 6.53. The Hall–Kier alpha value is -2.53. The monoisotopic (exact) mass is 360 g/mol. The van der Waals surface area contributed by atoms with E-state index in [9.17, 15) is 22.4 Å². The average Bonchev–Trinajstić information content (AvgIpc) is 2.48. The highest BCUT2D eigenvalue weighted by Gasteiger charge is 2.34. The summed E-state index contributed by atoms with van der Waals surface area (Å²) in [6.45, 7) is 0.812. The van der Waals surface area contributed by atoms with Crippen molar-refractivity contribution in [1.29, 1.82) is 0 Å². The minimum Gasteiger partial charge on any atom is -0.479 e. The number of benzene rings is 1. The van der Waals surface area contributed by atoms with Crippen LogP contribution >= 0.6 is 11.6 Å². The summed E-state index contributed by atoms with van der Waals surface area (Å²) in [5.74, 6) is 1.19. The topological polar surface area (TPSA) is 44.1 Å². The van der Waals surface area contributed by atoms with Gasteiger partial charge in [-0.25, -0.2) is 4.39 Å². The predicted molar refractivity (Wildman–Crippen MR) is 78.9 cm³/mol. The maximum absolute atomic E-state index is 14.1. The molecule has 2 rings (SSSR count). The average molecular weight is 361 g/mol. The fourth-order valence-corrected chi connectivity index (χ4v) is 2.11. The maximum atomic E-state index is 14.1. The van der Waals surface area contributed by atoms with Gasteiger partial charge in [-0.3, -0.25) is 4.79 Å². The standard InChI is InChI=1S/C15H9ClF4N2O2/c1-3-4-24-13-6-12(11(17)5-10(13)16)22-14(23)8(2)9(7-21-22)15(18,19)20/h1,5-7H,4H2,2H3. The van der Waals surface area contributed by atoms with E-state index in [4.69, 9.17) is 22.8 Å². The first kappa shape index (κ1) is 17.8. The summed E-state index contributed by atoms with van der Waals surface area (Å²) < 4.78 is 58.0. The first-order valence-corrected chi connectivity index (χ1v) is 6.76. The van der Waals surface area contributed by atoms with Crippen molar-refractivity contribution in [2.75, 3.05) is 6.61 Å². The van der Waals surface area contributed by atoms with E-state index >= 15 is 0 Å². The number of hydrogen-bond donors (Lipinski definition) is 0. The van der Waals surface area contributed by atoms with Gasteiger partial charge in [-0.15, -0.1) is 6.42 Å². The van der Waals surface area contributed by atoms with Crippen LogP contribution in [0.1, 0.15) is 11.1 Å². The van der Waals surface area contributed by atoms with E-state index < -0.39 is 34.4 Å². The van der Waals surface area contributed by atoms with Crippen LogP contribution in [0, 0.1) is 25.1 Å². The predicted octanol–water partition coefficient (Wildman–Crippen LogP) is 3.36. The van der Waals surface area contributed by atoms with Gasteiger partial charge in [0.25, 0.3) is 5.56 Å². The van der Waals surface area contributed by atoms with E-state index in [0.717, 1.165) is 19.1 Å².